The Morgan fingerprint density at radius 3 is 2.56 bits per heavy atom. The van der Waals surface area contributed by atoms with Crippen molar-refractivity contribution in [1.29, 1.82) is 5.26 Å². The Morgan fingerprint density at radius 1 is 1.09 bits per heavy atom. The summed E-state index contributed by atoms with van der Waals surface area (Å²) in [4.78, 5) is 26.9. The second-order valence-corrected chi connectivity index (χ2v) is 13.9. The zero-order chi connectivity index (χ0) is 31.9. The van der Waals surface area contributed by atoms with Crippen molar-refractivity contribution in [2.45, 2.75) is 78.1 Å². The van der Waals surface area contributed by atoms with Gasteiger partial charge in [-0.1, -0.05) is 30.3 Å². The number of nitrogens with zero attached hydrogens (tertiary/aromatic N) is 6. The van der Waals surface area contributed by atoms with E-state index in [1.807, 2.05) is 27.7 Å². The third-order valence-electron chi connectivity index (χ3n) is 9.49. The van der Waals surface area contributed by atoms with Gasteiger partial charge >= 0.3 is 6.09 Å². The van der Waals surface area contributed by atoms with Gasteiger partial charge in [0.1, 0.15) is 23.8 Å². The maximum atomic E-state index is 13.0. The Labute approximate surface area is 267 Å². The van der Waals surface area contributed by atoms with E-state index in [-0.39, 0.29) is 12.1 Å². The van der Waals surface area contributed by atoms with Crippen molar-refractivity contribution in [1.82, 2.24) is 14.8 Å². The Bertz CT molecular complexity index is 1620. The fourth-order valence-electron chi connectivity index (χ4n) is 7.18. The van der Waals surface area contributed by atoms with Crippen LogP contribution in [0.1, 0.15) is 62.9 Å². The summed E-state index contributed by atoms with van der Waals surface area (Å²) < 4.78 is 12.1. The van der Waals surface area contributed by atoms with Crippen LogP contribution in [0.3, 0.4) is 0 Å². The number of rotatable bonds is 5. The summed E-state index contributed by atoms with van der Waals surface area (Å²) in [6, 6.07) is 15.7. The molecule has 1 aromatic heterocycles. The van der Waals surface area contributed by atoms with Gasteiger partial charge in [-0.05, 0) is 84.5 Å². The number of ether oxygens (including phenoxy) is 2. The van der Waals surface area contributed by atoms with Crippen LogP contribution in [0.25, 0.3) is 10.8 Å². The van der Waals surface area contributed by atoms with E-state index < -0.39 is 5.60 Å². The predicted octanol–water partition coefficient (Wildman–Crippen LogP) is 5.90. The van der Waals surface area contributed by atoms with Crippen molar-refractivity contribution >= 4 is 28.2 Å². The molecule has 2 fully saturated rings. The number of aryl methyl sites for hydroxylation is 1. The zero-order valence-corrected chi connectivity index (χ0v) is 27.6. The number of anilines is 2. The number of piperazine rings is 1. The summed E-state index contributed by atoms with van der Waals surface area (Å²) in [6.07, 6.45) is 2.70. The lowest BCUT2D eigenvalue weighted by molar-refractivity contribution is 0.0159. The highest BCUT2D eigenvalue weighted by molar-refractivity contribution is 5.97. The minimum atomic E-state index is -0.555. The van der Waals surface area contributed by atoms with Crippen LogP contribution in [0.4, 0.5) is 16.2 Å². The van der Waals surface area contributed by atoms with Crippen LogP contribution in [0.2, 0.25) is 0 Å². The molecule has 3 aliphatic heterocycles. The molecule has 9 nitrogen and oxygen atoms in total. The molecule has 2 saturated heterocycles. The summed E-state index contributed by atoms with van der Waals surface area (Å²) in [5.74, 6) is 0.421. The Morgan fingerprint density at radius 2 is 1.87 bits per heavy atom. The van der Waals surface area contributed by atoms with Gasteiger partial charge in [0, 0.05) is 54.9 Å². The average molecular weight is 611 g/mol. The van der Waals surface area contributed by atoms with Crippen molar-refractivity contribution in [2.24, 2.45) is 0 Å². The molecule has 45 heavy (non-hydrogen) atoms. The molecule has 1 unspecified atom stereocenters. The minimum absolute atomic E-state index is 0.0841. The molecule has 0 bridgehead atoms. The Kier molecular flexibility index (Phi) is 8.53. The van der Waals surface area contributed by atoms with Gasteiger partial charge < -0.3 is 29.1 Å². The molecule has 0 spiro atoms. The number of aromatic nitrogens is 1. The van der Waals surface area contributed by atoms with Crippen molar-refractivity contribution in [2.75, 3.05) is 56.2 Å². The second-order valence-electron chi connectivity index (χ2n) is 13.9. The summed E-state index contributed by atoms with van der Waals surface area (Å²) in [5.41, 5.74) is 5.40. The van der Waals surface area contributed by atoms with Gasteiger partial charge in [-0.15, -0.1) is 0 Å². The molecule has 0 N–H and O–H groups in total. The van der Waals surface area contributed by atoms with Crippen molar-refractivity contribution in [3.63, 3.8) is 0 Å². The summed E-state index contributed by atoms with van der Waals surface area (Å²) in [6.45, 7) is 14.6. The number of carbonyl (C=O) groups excluding carboxylic acids is 1. The maximum absolute atomic E-state index is 13.0. The topological polar surface area (TPSA) is 85.2 Å². The number of nitriles is 1. The fraction of sp³-hybridized carbons (Fsp3) is 0.528. The van der Waals surface area contributed by atoms with E-state index in [0.717, 1.165) is 49.3 Å². The fourth-order valence-corrected chi connectivity index (χ4v) is 7.18. The molecule has 2 aromatic carbocycles. The van der Waals surface area contributed by atoms with Gasteiger partial charge in [0.25, 0.3) is 0 Å². The summed E-state index contributed by atoms with van der Waals surface area (Å²) in [5, 5.41) is 13.1. The van der Waals surface area contributed by atoms with Gasteiger partial charge in [0.05, 0.1) is 17.9 Å². The molecule has 1 amide bonds. The largest absolute Gasteiger partial charge is 0.475 e. The standard InChI is InChI=1S/C36H46N6O3/c1-24-10-7-11-26-12-8-14-31(32(24)26)40-17-15-28-30(22-40)38-34(44-23-27-13-9-16-39(27)6)29(20-37)33(28)41-18-19-42(25(2)21-41)35(43)45-36(3,4)5/h7-8,10-12,14,25,27H,9,13,15-19,21-23H2,1-6H3/t25?,27-/m0/s1. The number of amides is 1. The van der Waals surface area contributed by atoms with Crippen molar-refractivity contribution in [3.05, 3.63) is 58.8 Å². The second kappa shape index (κ2) is 12.4. The smallest absolute Gasteiger partial charge is 0.410 e. The first-order chi connectivity index (χ1) is 21.5. The van der Waals surface area contributed by atoms with Gasteiger partial charge in [-0.2, -0.15) is 5.26 Å². The third kappa shape index (κ3) is 6.26. The minimum Gasteiger partial charge on any atom is -0.475 e. The SMILES string of the molecule is Cc1cccc2cccc(N3CCc4c(nc(OC[C@@H]5CCCN5C)c(C#N)c4N4CCN(C(=O)OC(C)(C)C)C(C)C4)C3)c12. The number of likely N-dealkylation sites (tertiary alicyclic amines) is 1. The lowest BCUT2D eigenvalue weighted by atomic mass is 9.96. The van der Waals surface area contributed by atoms with E-state index in [0.29, 0.717) is 50.3 Å². The maximum Gasteiger partial charge on any atom is 0.410 e. The zero-order valence-electron chi connectivity index (χ0n) is 27.6. The molecule has 0 aliphatic carbocycles. The quantitative estimate of drug-likeness (QED) is 0.353. The first-order valence-electron chi connectivity index (χ1n) is 16.3. The van der Waals surface area contributed by atoms with Crippen LogP contribution < -0.4 is 14.5 Å². The van der Waals surface area contributed by atoms with Crippen LogP contribution in [-0.2, 0) is 17.7 Å². The molecule has 238 valence electrons. The lowest BCUT2D eigenvalue weighted by Crippen LogP contribution is -2.55. The normalized spacial score (nSPS) is 20.7. The van der Waals surface area contributed by atoms with E-state index in [1.54, 1.807) is 4.90 Å². The molecule has 4 heterocycles. The molecule has 3 aromatic rings. The first-order valence-corrected chi connectivity index (χ1v) is 16.3. The van der Waals surface area contributed by atoms with Gasteiger partial charge in [-0.25, -0.2) is 9.78 Å². The van der Waals surface area contributed by atoms with E-state index in [1.165, 1.54) is 22.0 Å². The molecule has 0 radical (unpaired) electrons. The molecule has 2 atom stereocenters. The Hall–Kier alpha value is -4.03. The number of fused-ring (bicyclic) bond motifs is 2. The molecular formula is C36H46N6O3. The average Bonchev–Trinajstić information content (AvgIpc) is 3.42. The highest BCUT2D eigenvalue weighted by atomic mass is 16.6. The van der Waals surface area contributed by atoms with Crippen LogP contribution in [-0.4, -0.2) is 84.9 Å². The number of hydrogen-bond acceptors (Lipinski definition) is 8. The summed E-state index contributed by atoms with van der Waals surface area (Å²) >= 11 is 0. The lowest BCUT2D eigenvalue weighted by Gasteiger charge is -2.43. The molecule has 9 heteroatoms. The number of pyridine rings is 1. The highest BCUT2D eigenvalue weighted by Gasteiger charge is 2.36. The van der Waals surface area contributed by atoms with Crippen molar-refractivity contribution in [3.8, 4) is 11.9 Å². The number of carbonyl (C=O) groups is 1. The van der Waals surface area contributed by atoms with Gasteiger partial charge in [-0.3, -0.25) is 0 Å². The van der Waals surface area contributed by atoms with Gasteiger partial charge in [0.2, 0.25) is 5.88 Å². The number of hydrogen-bond donors (Lipinski definition) is 0. The van der Waals surface area contributed by atoms with E-state index in [4.69, 9.17) is 14.5 Å². The monoisotopic (exact) mass is 610 g/mol. The molecule has 6 rings (SSSR count). The number of likely N-dealkylation sites (N-methyl/N-ethyl adjacent to an activating group) is 1. The van der Waals surface area contributed by atoms with E-state index in [2.05, 4.69) is 71.1 Å². The van der Waals surface area contributed by atoms with Crippen LogP contribution in [0.5, 0.6) is 5.88 Å². The molecular weight excluding hydrogens is 564 g/mol. The predicted molar refractivity (Wildman–Crippen MR) is 178 cm³/mol. The first kappa shape index (κ1) is 31.0. The van der Waals surface area contributed by atoms with Crippen LogP contribution >= 0.6 is 0 Å². The van der Waals surface area contributed by atoms with E-state index in [9.17, 15) is 10.1 Å². The Balaban J connectivity index is 1.36. The molecule has 3 aliphatic rings. The van der Waals surface area contributed by atoms with E-state index >= 15 is 0 Å². The van der Waals surface area contributed by atoms with Gasteiger partial charge in [0.15, 0.2) is 0 Å². The third-order valence-corrected chi connectivity index (χ3v) is 9.49. The van der Waals surface area contributed by atoms with Crippen molar-refractivity contribution < 1.29 is 14.3 Å². The highest BCUT2D eigenvalue weighted by Crippen LogP contribution is 2.40. The number of benzene rings is 2. The molecule has 0 saturated carbocycles. The van der Waals surface area contributed by atoms with Crippen LogP contribution in [0, 0.1) is 18.3 Å². The summed E-state index contributed by atoms with van der Waals surface area (Å²) in [7, 11) is 2.13. The van der Waals surface area contributed by atoms with Crippen LogP contribution in [0.15, 0.2) is 36.4 Å².